The predicted octanol–water partition coefficient (Wildman–Crippen LogP) is 3.43. The van der Waals surface area contributed by atoms with Crippen molar-refractivity contribution < 1.29 is 23.8 Å². The van der Waals surface area contributed by atoms with Gasteiger partial charge in [-0.2, -0.15) is 0 Å². The van der Waals surface area contributed by atoms with Gasteiger partial charge in [-0.05, 0) is 24.6 Å². The van der Waals surface area contributed by atoms with Gasteiger partial charge in [0.25, 0.3) is 0 Å². The Morgan fingerprint density at radius 1 is 1.04 bits per heavy atom. The fourth-order valence-electron chi connectivity index (χ4n) is 2.61. The first kappa shape index (κ1) is 21.4. The van der Waals surface area contributed by atoms with E-state index in [-0.39, 0.29) is 24.1 Å². The highest BCUT2D eigenvalue weighted by atomic mass is 35.5. The van der Waals surface area contributed by atoms with Crippen molar-refractivity contribution in [3.8, 4) is 11.5 Å². The molecule has 0 aromatic heterocycles. The maximum atomic E-state index is 12.3. The zero-order valence-electron chi connectivity index (χ0n) is 16.2. The molecule has 0 heterocycles. The number of amides is 1. The number of carbonyl (C=O) groups excluding carboxylic acids is 2. The topological polar surface area (TPSA) is 85.9 Å². The van der Waals surface area contributed by atoms with E-state index >= 15 is 0 Å². The van der Waals surface area contributed by atoms with E-state index in [1.807, 2.05) is 19.1 Å². The summed E-state index contributed by atoms with van der Waals surface area (Å²) in [5, 5.41) is 6.47. The minimum absolute atomic E-state index is 0.0442. The van der Waals surface area contributed by atoms with Gasteiger partial charge in [-0.15, -0.1) is 0 Å². The Bertz CT molecular complexity index is 839. The van der Waals surface area contributed by atoms with Crippen molar-refractivity contribution in [2.24, 2.45) is 0 Å². The lowest BCUT2D eigenvalue weighted by atomic mass is 10.1. The number of esters is 1. The van der Waals surface area contributed by atoms with E-state index in [2.05, 4.69) is 10.6 Å². The molecule has 1 atom stereocenters. The molecular formula is C20H23ClN2O5. The summed E-state index contributed by atoms with van der Waals surface area (Å²) in [7, 11) is 4.24. The highest BCUT2D eigenvalue weighted by Gasteiger charge is 2.18. The molecule has 0 aliphatic rings. The quantitative estimate of drug-likeness (QED) is 0.653. The van der Waals surface area contributed by atoms with E-state index in [4.69, 9.17) is 25.8 Å². The van der Waals surface area contributed by atoms with Crippen LogP contribution in [0.5, 0.6) is 11.5 Å². The minimum Gasteiger partial charge on any atom is -0.493 e. The summed E-state index contributed by atoms with van der Waals surface area (Å²) in [5.74, 6) is 0.00769. The summed E-state index contributed by atoms with van der Waals surface area (Å²) in [5.41, 5.74) is 1.57. The SMILES string of the molecule is COC(=O)c1cc(OC)c(OC)cc1NCC(=O)N[C@H](C)c1ccc(Cl)cc1. The smallest absolute Gasteiger partial charge is 0.340 e. The lowest BCUT2D eigenvalue weighted by molar-refractivity contribution is -0.120. The Hall–Kier alpha value is -2.93. The summed E-state index contributed by atoms with van der Waals surface area (Å²) < 4.78 is 15.3. The van der Waals surface area contributed by atoms with E-state index in [0.29, 0.717) is 22.2 Å². The Kier molecular flexibility index (Phi) is 7.52. The molecule has 0 unspecified atom stereocenters. The highest BCUT2D eigenvalue weighted by molar-refractivity contribution is 6.30. The van der Waals surface area contributed by atoms with E-state index in [9.17, 15) is 9.59 Å². The molecule has 0 radical (unpaired) electrons. The third kappa shape index (κ3) is 5.29. The van der Waals surface area contributed by atoms with Gasteiger partial charge in [-0.1, -0.05) is 23.7 Å². The summed E-state index contributed by atoms with van der Waals surface area (Å²) >= 11 is 5.88. The average Bonchev–Trinajstić information content (AvgIpc) is 2.71. The van der Waals surface area contributed by atoms with E-state index in [0.717, 1.165) is 5.56 Å². The van der Waals surface area contributed by atoms with Gasteiger partial charge in [0.1, 0.15) is 0 Å². The monoisotopic (exact) mass is 406 g/mol. The van der Waals surface area contributed by atoms with E-state index in [1.54, 1.807) is 18.2 Å². The van der Waals surface area contributed by atoms with Crippen LogP contribution in [0.3, 0.4) is 0 Å². The summed E-state index contributed by atoms with van der Waals surface area (Å²) in [4.78, 5) is 24.4. The van der Waals surface area contributed by atoms with Crippen LogP contribution in [0.15, 0.2) is 36.4 Å². The predicted molar refractivity (Wildman–Crippen MR) is 107 cm³/mol. The van der Waals surface area contributed by atoms with Crippen molar-refractivity contribution in [3.05, 3.63) is 52.5 Å². The molecular weight excluding hydrogens is 384 g/mol. The number of nitrogens with one attached hydrogen (secondary N) is 2. The Labute approximate surface area is 168 Å². The number of rotatable bonds is 8. The number of carbonyl (C=O) groups is 2. The van der Waals surface area contributed by atoms with Crippen molar-refractivity contribution in [2.45, 2.75) is 13.0 Å². The second-order valence-electron chi connectivity index (χ2n) is 5.94. The Morgan fingerprint density at radius 3 is 2.21 bits per heavy atom. The molecule has 0 saturated heterocycles. The van der Waals surface area contributed by atoms with Crippen LogP contribution in [-0.4, -0.2) is 39.8 Å². The van der Waals surface area contributed by atoms with Gasteiger partial charge in [0.15, 0.2) is 11.5 Å². The molecule has 0 aliphatic heterocycles. The zero-order valence-corrected chi connectivity index (χ0v) is 16.9. The minimum atomic E-state index is -0.557. The fourth-order valence-corrected chi connectivity index (χ4v) is 2.73. The maximum Gasteiger partial charge on any atom is 0.340 e. The van der Waals surface area contributed by atoms with Crippen molar-refractivity contribution in [3.63, 3.8) is 0 Å². The molecule has 0 spiro atoms. The number of hydrogen-bond donors (Lipinski definition) is 2. The zero-order chi connectivity index (χ0) is 20.7. The van der Waals surface area contributed by atoms with Gasteiger partial charge in [0.05, 0.1) is 45.2 Å². The van der Waals surface area contributed by atoms with Crippen LogP contribution in [0.2, 0.25) is 5.02 Å². The second kappa shape index (κ2) is 9.85. The molecule has 1 amide bonds. The Balaban J connectivity index is 2.10. The molecule has 150 valence electrons. The second-order valence-corrected chi connectivity index (χ2v) is 6.38. The molecule has 0 bridgehead atoms. The number of anilines is 1. The van der Waals surface area contributed by atoms with Gasteiger partial charge in [0.2, 0.25) is 5.91 Å². The number of benzene rings is 2. The highest BCUT2D eigenvalue weighted by Crippen LogP contribution is 2.33. The van der Waals surface area contributed by atoms with Gasteiger partial charge in [-0.25, -0.2) is 4.79 Å². The van der Waals surface area contributed by atoms with Gasteiger partial charge >= 0.3 is 5.97 Å². The van der Waals surface area contributed by atoms with E-state index in [1.165, 1.54) is 27.4 Å². The fraction of sp³-hybridized carbons (Fsp3) is 0.300. The normalized spacial score (nSPS) is 11.3. The van der Waals surface area contributed by atoms with E-state index < -0.39 is 5.97 Å². The molecule has 8 heteroatoms. The molecule has 2 aromatic rings. The number of hydrogen-bond acceptors (Lipinski definition) is 6. The number of halogens is 1. The van der Waals surface area contributed by atoms with Crippen LogP contribution < -0.4 is 20.1 Å². The maximum absolute atomic E-state index is 12.3. The lowest BCUT2D eigenvalue weighted by Gasteiger charge is -2.17. The van der Waals surface area contributed by atoms with Crippen LogP contribution >= 0.6 is 11.6 Å². The molecule has 2 aromatic carbocycles. The van der Waals surface area contributed by atoms with Gasteiger partial charge < -0.3 is 24.8 Å². The first-order chi connectivity index (χ1) is 13.4. The van der Waals surface area contributed by atoms with Gasteiger partial charge in [-0.3, -0.25) is 4.79 Å². The number of methoxy groups -OCH3 is 3. The summed E-state index contributed by atoms with van der Waals surface area (Å²) in [6.45, 7) is 1.83. The molecule has 28 heavy (non-hydrogen) atoms. The summed E-state index contributed by atoms with van der Waals surface area (Å²) in [6, 6.07) is 10.1. The van der Waals surface area contributed by atoms with Crippen LogP contribution in [0.4, 0.5) is 5.69 Å². The van der Waals surface area contributed by atoms with Crippen LogP contribution in [0.25, 0.3) is 0 Å². The summed E-state index contributed by atoms with van der Waals surface area (Å²) in [6.07, 6.45) is 0. The van der Waals surface area contributed by atoms with Crippen molar-refractivity contribution in [2.75, 3.05) is 33.2 Å². The van der Waals surface area contributed by atoms with Gasteiger partial charge in [0, 0.05) is 17.2 Å². The molecule has 0 fully saturated rings. The molecule has 0 saturated carbocycles. The largest absolute Gasteiger partial charge is 0.493 e. The number of ether oxygens (including phenoxy) is 3. The molecule has 2 N–H and O–H groups in total. The average molecular weight is 407 g/mol. The first-order valence-electron chi connectivity index (χ1n) is 8.52. The van der Waals surface area contributed by atoms with Crippen molar-refractivity contribution >= 4 is 29.2 Å². The molecule has 0 aliphatic carbocycles. The third-order valence-electron chi connectivity index (χ3n) is 4.12. The standard InChI is InChI=1S/C20H23ClN2O5/c1-12(13-5-7-14(21)8-6-13)23-19(24)11-22-16-10-18(27-3)17(26-2)9-15(16)20(25)28-4/h5-10,12,22H,11H2,1-4H3,(H,23,24)/t12-/m1/s1. The lowest BCUT2D eigenvalue weighted by Crippen LogP contribution is -2.32. The molecule has 2 rings (SSSR count). The third-order valence-corrected chi connectivity index (χ3v) is 4.37. The first-order valence-corrected chi connectivity index (χ1v) is 8.90. The van der Waals surface area contributed by atoms with Crippen LogP contribution in [0, 0.1) is 0 Å². The van der Waals surface area contributed by atoms with Crippen LogP contribution in [-0.2, 0) is 9.53 Å². The van der Waals surface area contributed by atoms with Crippen LogP contribution in [0.1, 0.15) is 28.9 Å². The van der Waals surface area contributed by atoms with Crippen molar-refractivity contribution in [1.82, 2.24) is 5.32 Å². The Morgan fingerprint density at radius 2 is 1.64 bits per heavy atom. The molecule has 7 nitrogen and oxygen atoms in total. The van der Waals surface area contributed by atoms with Crippen molar-refractivity contribution in [1.29, 1.82) is 0 Å².